The van der Waals surface area contributed by atoms with Gasteiger partial charge in [-0.15, -0.1) is 0 Å². The molecule has 0 N–H and O–H groups in total. The lowest BCUT2D eigenvalue weighted by Crippen LogP contribution is -2.30. The average Bonchev–Trinajstić information content (AvgIpc) is 2.68. The number of hydrogen-bond acceptors (Lipinski definition) is 1. The van der Waals surface area contributed by atoms with Crippen molar-refractivity contribution in [2.45, 2.75) is 30.9 Å². The summed E-state index contributed by atoms with van der Waals surface area (Å²) < 4.78 is 0. The zero-order chi connectivity index (χ0) is 17.3. The molecular weight excluding hydrogens is 370 g/mol. The number of alkyl halides is 1. The van der Waals surface area contributed by atoms with Crippen LogP contribution in [-0.2, 0) is 19.5 Å². The largest absolute Gasteiger partial charge is 0.282 e. The molecule has 0 heterocycles. The van der Waals surface area contributed by atoms with Crippen molar-refractivity contribution in [2.24, 2.45) is 0 Å². The molecule has 3 aromatic carbocycles. The van der Waals surface area contributed by atoms with Gasteiger partial charge in [-0.1, -0.05) is 107 Å². The third-order valence-corrected chi connectivity index (χ3v) is 5.40. The van der Waals surface area contributed by atoms with Crippen LogP contribution in [0.25, 0.3) is 0 Å². The number of hydrogen-bond donors (Lipinski definition) is 0. The lowest BCUT2D eigenvalue weighted by atomic mass is 10.1. The number of rotatable bonds is 8. The van der Waals surface area contributed by atoms with Crippen LogP contribution in [0.3, 0.4) is 0 Å². The summed E-state index contributed by atoms with van der Waals surface area (Å²) in [5.41, 5.74) is 4.09. The highest BCUT2D eigenvalue weighted by Gasteiger charge is 2.16. The predicted molar refractivity (Wildman–Crippen MR) is 110 cm³/mol. The van der Waals surface area contributed by atoms with Gasteiger partial charge in [0.25, 0.3) is 0 Å². The van der Waals surface area contributed by atoms with E-state index in [0.717, 1.165) is 25.9 Å². The third-order valence-electron chi connectivity index (χ3n) is 4.37. The maximum absolute atomic E-state index is 3.94. The summed E-state index contributed by atoms with van der Waals surface area (Å²) in [6, 6.07) is 32.1. The molecule has 3 aromatic rings. The van der Waals surface area contributed by atoms with Crippen molar-refractivity contribution >= 4 is 15.9 Å². The minimum atomic E-state index is 0.341. The highest BCUT2D eigenvalue weighted by Crippen LogP contribution is 2.21. The fraction of sp³-hybridized carbons (Fsp3) is 0.217. The van der Waals surface area contributed by atoms with Gasteiger partial charge in [0.05, 0.1) is 4.95 Å². The van der Waals surface area contributed by atoms with Crippen molar-refractivity contribution in [3.05, 3.63) is 108 Å². The second kappa shape index (κ2) is 9.55. The highest BCUT2D eigenvalue weighted by molar-refractivity contribution is 9.09. The summed E-state index contributed by atoms with van der Waals surface area (Å²) in [7, 11) is 0. The Bertz CT molecular complexity index is 686. The molecule has 0 spiro atoms. The monoisotopic (exact) mass is 393 g/mol. The number of benzene rings is 3. The van der Waals surface area contributed by atoms with Crippen molar-refractivity contribution in [1.29, 1.82) is 0 Å². The molecule has 0 fully saturated rings. The van der Waals surface area contributed by atoms with Gasteiger partial charge < -0.3 is 0 Å². The van der Waals surface area contributed by atoms with E-state index in [1.54, 1.807) is 0 Å². The van der Waals surface area contributed by atoms with E-state index in [0.29, 0.717) is 4.95 Å². The second-order valence-corrected chi connectivity index (χ2v) is 7.39. The Morgan fingerprint density at radius 1 is 0.600 bits per heavy atom. The van der Waals surface area contributed by atoms with E-state index in [9.17, 15) is 0 Å². The normalized spacial score (nSPS) is 12.2. The van der Waals surface area contributed by atoms with Crippen molar-refractivity contribution in [1.82, 2.24) is 4.90 Å². The van der Waals surface area contributed by atoms with E-state index in [-0.39, 0.29) is 0 Å². The molecule has 0 radical (unpaired) electrons. The number of halogens is 1. The van der Waals surface area contributed by atoms with Crippen LogP contribution in [0.15, 0.2) is 91.0 Å². The molecule has 1 unspecified atom stereocenters. The molecule has 0 aliphatic carbocycles. The lowest BCUT2D eigenvalue weighted by molar-refractivity contribution is 0.234. The average molecular weight is 394 g/mol. The Kier molecular flexibility index (Phi) is 6.84. The Labute approximate surface area is 159 Å². The van der Waals surface area contributed by atoms with Gasteiger partial charge in [-0.2, -0.15) is 0 Å². The molecule has 0 aliphatic rings. The second-order valence-electron chi connectivity index (χ2n) is 6.33. The SMILES string of the molecule is BrC(CCc1ccccc1)N(Cc1ccccc1)Cc1ccccc1. The minimum absolute atomic E-state index is 0.341. The highest BCUT2D eigenvalue weighted by atomic mass is 79.9. The fourth-order valence-corrected chi connectivity index (χ4v) is 3.52. The van der Waals surface area contributed by atoms with Gasteiger partial charge in [-0.3, -0.25) is 4.90 Å². The van der Waals surface area contributed by atoms with Crippen LogP contribution in [0, 0.1) is 0 Å². The van der Waals surface area contributed by atoms with Crippen LogP contribution in [0.5, 0.6) is 0 Å². The molecule has 0 saturated heterocycles. The fourth-order valence-electron chi connectivity index (χ4n) is 3.00. The van der Waals surface area contributed by atoms with Gasteiger partial charge in [0, 0.05) is 13.1 Å². The quantitative estimate of drug-likeness (QED) is 0.332. The topological polar surface area (TPSA) is 3.24 Å². The van der Waals surface area contributed by atoms with E-state index in [1.807, 2.05) is 0 Å². The molecule has 2 heteroatoms. The zero-order valence-electron chi connectivity index (χ0n) is 14.4. The maximum Gasteiger partial charge on any atom is 0.0664 e. The van der Waals surface area contributed by atoms with Gasteiger partial charge in [-0.25, -0.2) is 0 Å². The van der Waals surface area contributed by atoms with E-state index in [4.69, 9.17) is 0 Å². The van der Waals surface area contributed by atoms with Crippen molar-refractivity contribution in [3.8, 4) is 0 Å². The summed E-state index contributed by atoms with van der Waals surface area (Å²) in [6.45, 7) is 1.89. The first-order valence-corrected chi connectivity index (χ1v) is 9.73. The van der Waals surface area contributed by atoms with E-state index in [1.165, 1.54) is 16.7 Å². The Morgan fingerprint density at radius 3 is 1.44 bits per heavy atom. The molecule has 1 atom stereocenters. The van der Waals surface area contributed by atoms with Gasteiger partial charge in [0.2, 0.25) is 0 Å². The van der Waals surface area contributed by atoms with Crippen molar-refractivity contribution in [2.75, 3.05) is 0 Å². The first kappa shape index (κ1) is 17.9. The van der Waals surface area contributed by atoms with Gasteiger partial charge >= 0.3 is 0 Å². The van der Waals surface area contributed by atoms with E-state index in [2.05, 4.69) is 112 Å². The third kappa shape index (κ3) is 5.84. The Hall–Kier alpha value is -1.90. The van der Waals surface area contributed by atoms with Crippen molar-refractivity contribution < 1.29 is 0 Å². The summed E-state index contributed by atoms with van der Waals surface area (Å²) in [5, 5.41) is 0. The van der Waals surface area contributed by atoms with Crippen LogP contribution in [0.4, 0.5) is 0 Å². The number of aryl methyl sites for hydroxylation is 1. The molecule has 0 bridgehead atoms. The predicted octanol–water partition coefficient (Wildman–Crippen LogP) is 6.04. The van der Waals surface area contributed by atoms with Gasteiger partial charge in [0.15, 0.2) is 0 Å². The molecule has 0 aromatic heterocycles. The first-order valence-electron chi connectivity index (χ1n) is 8.81. The molecule has 0 saturated carbocycles. The van der Waals surface area contributed by atoms with Gasteiger partial charge in [0.1, 0.15) is 0 Å². The summed E-state index contributed by atoms with van der Waals surface area (Å²) in [4.78, 5) is 2.85. The molecule has 1 nitrogen and oxygen atoms in total. The summed E-state index contributed by atoms with van der Waals surface area (Å²) >= 11 is 3.94. The smallest absolute Gasteiger partial charge is 0.0664 e. The molecular formula is C23H24BrN. The lowest BCUT2D eigenvalue weighted by Gasteiger charge is -2.28. The summed E-state index contributed by atoms with van der Waals surface area (Å²) in [5.74, 6) is 0. The van der Waals surface area contributed by atoms with Crippen LogP contribution in [-0.4, -0.2) is 9.85 Å². The Balaban J connectivity index is 1.68. The molecule has 0 amide bonds. The Morgan fingerprint density at radius 2 is 1.00 bits per heavy atom. The standard InChI is InChI=1S/C23H24BrN/c24-23(17-16-20-10-4-1-5-11-20)25(18-21-12-6-2-7-13-21)19-22-14-8-3-9-15-22/h1-15,23H,16-19H2. The first-order chi connectivity index (χ1) is 12.3. The molecule has 128 valence electrons. The van der Waals surface area contributed by atoms with E-state index >= 15 is 0 Å². The van der Waals surface area contributed by atoms with Crippen molar-refractivity contribution in [3.63, 3.8) is 0 Å². The van der Waals surface area contributed by atoms with Crippen LogP contribution < -0.4 is 0 Å². The van der Waals surface area contributed by atoms with Gasteiger partial charge in [-0.05, 0) is 29.5 Å². The molecule has 0 aliphatic heterocycles. The van der Waals surface area contributed by atoms with Crippen LogP contribution >= 0.6 is 15.9 Å². The molecule has 3 rings (SSSR count). The molecule has 25 heavy (non-hydrogen) atoms. The minimum Gasteiger partial charge on any atom is -0.282 e. The van der Waals surface area contributed by atoms with Crippen LogP contribution in [0.2, 0.25) is 0 Å². The number of nitrogens with zero attached hydrogens (tertiary/aromatic N) is 1. The van der Waals surface area contributed by atoms with Crippen LogP contribution in [0.1, 0.15) is 23.1 Å². The zero-order valence-corrected chi connectivity index (χ0v) is 16.0. The van der Waals surface area contributed by atoms with E-state index < -0.39 is 0 Å². The summed E-state index contributed by atoms with van der Waals surface area (Å²) in [6.07, 6.45) is 2.17. The maximum atomic E-state index is 3.94.